The summed E-state index contributed by atoms with van der Waals surface area (Å²) in [6, 6.07) is 0. The number of hydrogen-bond acceptors (Lipinski definition) is 2. The minimum absolute atomic E-state index is 0.00956. The third-order valence-corrected chi connectivity index (χ3v) is 3.55. The summed E-state index contributed by atoms with van der Waals surface area (Å²) in [4.78, 5) is 12.1. The molecule has 0 saturated heterocycles. The van der Waals surface area contributed by atoms with Crippen LogP contribution in [0.5, 0.6) is 0 Å². The predicted octanol–water partition coefficient (Wildman–Crippen LogP) is 3.43. The molecule has 1 rings (SSSR count). The van der Waals surface area contributed by atoms with Crippen molar-refractivity contribution < 1.29 is 4.79 Å². The molecule has 0 spiro atoms. The van der Waals surface area contributed by atoms with E-state index in [1.807, 2.05) is 20.8 Å². The Morgan fingerprint density at radius 2 is 1.88 bits per heavy atom. The van der Waals surface area contributed by atoms with Gasteiger partial charge in [-0.3, -0.25) is 4.79 Å². The zero-order valence-corrected chi connectivity index (χ0v) is 10.9. The van der Waals surface area contributed by atoms with Crippen LogP contribution in [0.15, 0.2) is 12.8 Å². The largest absolute Gasteiger partial charge is 0.385 e. The topological polar surface area (TPSA) is 29.1 Å². The molecule has 0 unspecified atom stereocenters. The SMILES string of the molecule is C=CNC1(CC(=O)C(C)(C)C)CCCCC1. The smallest absolute Gasteiger partial charge is 0.140 e. The Balaban J connectivity index is 2.70. The molecule has 92 valence electrons. The molecule has 2 nitrogen and oxygen atoms in total. The van der Waals surface area contributed by atoms with E-state index in [0.29, 0.717) is 12.2 Å². The third-order valence-electron chi connectivity index (χ3n) is 3.55. The van der Waals surface area contributed by atoms with Crippen LogP contribution in [0.4, 0.5) is 0 Å². The Morgan fingerprint density at radius 1 is 1.31 bits per heavy atom. The molecule has 0 heterocycles. The van der Waals surface area contributed by atoms with E-state index in [4.69, 9.17) is 0 Å². The predicted molar refractivity (Wildman–Crippen MR) is 68.2 cm³/mol. The summed E-state index contributed by atoms with van der Waals surface area (Å²) in [5.74, 6) is 0.351. The molecule has 0 radical (unpaired) electrons. The van der Waals surface area contributed by atoms with Crippen molar-refractivity contribution in [3.05, 3.63) is 12.8 Å². The zero-order chi connectivity index (χ0) is 12.2. The van der Waals surface area contributed by atoms with Gasteiger partial charge >= 0.3 is 0 Å². The summed E-state index contributed by atoms with van der Waals surface area (Å²) in [7, 11) is 0. The summed E-state index contributed by atoms with van der Waals surface area (Å²) >= 11 is 0. The molecule has 1 aliphatic carbocycles. The maximum absolute atomic E-state index is 12.1. The van der Waals surface area contributed by atoms with Crippen LogP contribution in [-0.4, -0.2) is 11.3 Å². The number of rotatable bonds is 4. The van der Waals surface area contributed by atoms with Crippen LogP contribution in [0.1, 0.15) is 59.3 Å². The van der Waals surface area contributed by atoms with E-state index in [-0.39, 0.29) is 11.0 Å². The van der Waals surface area contributed by atoms with Gasteiger partial charge in [-0.15, -0.1) is 0 Å². The molecule has 2 heteroatoms. The lowest BCUT2D eigenvalue weighted by molar-refractivity contribution is -0.128. The van der Waals surface area contributed by atoms with E-state index in [1.54, 1.807) is 6.20 Å². The van der Waals surface area contributed by atoms with Crippen LogP contribution >= 0.6 is 0 Å². The maximum Gasteiger partial charge on any atom is 0.140 e. The number of carbonyl (C=O) groups excluding carboxylic acids is 1. The van der Waals surface area contributed by atoms with Gasteiger partial charge in [0.05, 0.1) is 0 Å². The van der Waals surface area contributed by atoms with Crippen molar-refractivity contribution in [1.29, 1.82) is 0 Å². The van der Waals surface area contributed by atoms with Gasteiger partial charge in [-0.2, -0.15) is 0 Å². The highest BCUT2D eigenvalue weighted by molar-refractivity contribution is 5.84. The second kappa shape index (κ2) is 5.03. The quantitative estimate of drug-likeness (QED) is 0.791. The van der Waals surface area contributed by atoms with E-state index in [1.165, 1.54) is 19.3 Å². The number of Topliss-reactive ketones (excluding diaryl/α,β-unsaturated/α-hetero) is 1. The van der Waals surface area contributed by atoms with E-state index in [2.05, 4.69) is 11.9 Å². The molecule has 0 amide bonds. The lowest BCUT2D eigenvalue weighted by Gasteiger charge is -2.38. The van der Waals surface area contributed by atoms with Crippen LogP contribution in [0.25, 0.3) is 0 Å². The lowest BCUT2D eigenvalue weighted by Crippen LogP contribution is -2.47. The molecule has 0 atom stereocenters. The molecule has 0 aromatic carbocycles. The normalized spacial score (nSPS) is 20.2. The Kier molecular flexibility index (Phi) is 4.17. The van der Waals surface area contributed by atoms with Gasteiger partial charge in [-0.25, -0.2) is 0 Å². The van der Waals surface area contributed by atoms with Gasteiger partial charge in [-0.05, 0) is 19.0 Å². The molecular formula is C14H25NO. The summed E-state index contributed by atoms with van der Waals surface area (Å²) < 4.78 is 0. The fraction of sp³-hybridized carbons (Fsp3) is 0.786. The van der Waals surface area contributed by atoms with Gasteiger partial charge in [0.15, 0.2) is 0 Å². The molecule has 0 aliphatic heterocycles. The highest BCUT2D eigenvalue weighted by atomic mass is 16.1. The molecule has 1 fully saturated rings. The maximum atomic E-state index is 12.1. The van der Waals surface area contributed by atoms with Crippen LogP contribution in [0.2, 0.25) is 0 Å². The molecule has 1 N–H and O–H groups in total. The zero-order valence-electron chi connectivity index (χ0n) is 10.9. The van der Waals surface area contributed by atoms with Crippen molar-refractivity contribution in [2.45, 2.75) is 64.8 Å². The molecule has 16 heavy (non-hydrogen) atoms. The average molecular weight is 223 g/mol. The molecule has 1 aliphatic rings. The minimum atomic E-state index is -0.229. The molecule has 0 aromatic rings. The number of nitrogens with one attached hydrogen (secondary N) is 1. The molecule has 0 bridgehead atoms. The minimum Gasteiger partial charge on any atom is -0.385 e. The molecule has 1 saturated carbocycles. The van der Waals surface area contributed by atoms with E-state index in [0.717, 1.165) is 12.8 Å². The van der Waals surface area contributed by atoms with Gasteiger partial charge in [0.1, 0.15) is 5.78 Å². The van der Waals surface area contributed by atoms with Crippen LogP contribution in [0.3, 0.4) is 0 Å². The van der Waals surface area contributed by atoms with E-state index < -0.39 is 0 Å². The summed E-state index contributed by atoms with van der Waals surface area (Å²) in [6.07, 6.45) is 8.33. The van der Waals surface area contributed by atoms with Crippen LogP contribution < -0.4 is 5.32 Å². The van der Waals surface area contributed by atoms with Crippen LogP contribution in [0, 0.1) is 5.41 Å². The molecule has 0 aromatic heterocycles. The Morgan fingerprint density at radius 3 is 2.31 bits per heavy atom. The number of ketones is 1. The van der Waals surface area contributed by atoms with Crippen molar-refractivity contribution in [3.63, 3.8) is 0 Å². The van der Waals surface area contributed by atoms with Crippen molar-refractivity contribution in [2.24, 2.45) is 5.41 Å². The first-order valence-corrected chi connectivity index (χ1v) is 6.32. The van der Waals surface area contributed by atoms with Gasteiger partial charge in [-0.1, -0.05) is 46.6 Å². The van der Waals surface area contributed by atoms with Crippen molar-refractivity contribution in [3.8, 4) is 0 Å². The summed E-state index contributed by atoms with van der Waals surface area (Å²) in [5.41, 5.74) is -0.238. The highest BCUT2D eigenvalue weighted by Gasteiger charge is 2.36. The first kappa shape index (κ1) is 13.3. The Bertz CT molecular complexity index is 256. The Hall–Kier alpha value is -0.790. The van der Waals surface area contributed by atoms with Crippen molar-refractivity contribution in [2.75, 3.05) is 0 Å². The first-order chi connectivity index (χ1) is 7.40. The van der Waals surface area contributed by atoms with Gasteiger partial charge in [0, 0.05) is 17.4 Å². The van der Waals surface area contributed by atoms with Crippen molar-refractivity contribution >= 4 is 5.78 Å². The second-order valence-electron chi connectivity index (χ2n) is 6.04. The van der Waals surface area contributed by atoms with Gasteiger partial charge in [0.25, 0.3) is 0 Å². The Labute approximate surface area is 99.5 Å². The lowest BCUT2D eigenvalue weighted by atomic mass is 9.74. The van der Waals surface area contributed by atoms with Crippen molar-refractivity contribution in [1.82, 2.24) is 5.32 Å². The standard InChI is InChI=1S/C14H25NO/c1-5-15-14(9-7-6-8-10-14)11-12(16)13(2,3)4/h5,15H,1,6-11H2,2-4H3. The molecular weight excluding hydrogens is 198 g/mol. The number of hydrogen-bond donors (Lipinski definition) is 1. The van der Waals surface area contributed by atoms with Crippen LogP contribution in [-0.2, 0) is 4.79 Å². The summed E-state index contributed by atoms with van der Waals surface area (Å²) in [5, 5.41) is 3.34. The third kappa shape index (κ3) is 3.36. The first-order valence-electron chi connectivity index (χ1n) is 6.32. The van der Waals surface area contributed by atoms with Gasteiger partial charge < -0.3 is 5.32 Å². The van der Waals surface area contributed by atoms with Gasteiger partial charge in [0.2, 0.25) is 0 Å². The monoisotopic (exact) mass is 223 g/mol. The number of carbonyl (C=O) groups is 1. The second-order valence-corrected chi connectivity index (χ2v) is 6.04. The average Bonchev–Trinajstić information content (AvgIpc) is 2.17. The van der Waals surface area contributed by atoms with E-state index >= 15 is 0 Å². The highest BCUT2D eigenvalue weighted by Crippen LogP contribution is 2.33. The van der Waals surface area contributed by atoms with E-state index in [9.17, 15) is 4.79 Å². The fourth-order valence-corrected chi connectivity index (χ4v) is 2.39. The summed E-state index contributed by atoms with van der Waals surface area (Å²) in [6.45, 7) is 9.75. The fourth-order valence-electron chi connectivity index (χ4n) is 2.39.